The van der Waals surface area contributed by atoms with Gasteiger partial charge in [0.25, 0.3) is 5.91 Å². The van der Waals surface area contributed by atoms with E-state index < -0.39 is 5.76 Å². The molecule has 1 amide bonds. The van der Waals surface area contributed by atoms with Gasteiger partial charge in [0.05, 0.1) is 22.3 Å². The van der Waals surface area contributed by atoms with E-state index in [-0.39, 0.29) is 12.5 Å². The van der Waals surface area contributed by atoms with Gasteiger partial charge in [-0.05, 0) is 30.3 Å². The van der Waals surface area contributed by atoms with E-state index in [0.29, 0.717) is 28.1 Å². The van der Waals surface area contributed by atoms with Gasteiger partial charge in [0.15, 0.2) is 5.58 Å². The van der Waals surface area contributed by atoms with E-state index in [2.05, 4.69) is 15.3 Å². The molecule has 0 saturated carbocycles. The van der Waals surface area contributed by atoms with Crippen LogP contribution in [-0.4, -0.2) is 15.9 Å². The molecule has 4 rings (SSSR count). The van der Waals surface area contributed by atoms with Crippen LogP contribution in [0.25, 0.3) is 11.1 Å². The molecular weight excluding hydrogens is 354 g/mol. The number of ether oxygens (including phenoxy) is 1. The Labute approximate surface area is 151 Å². The highest BCUT2D eigenvalue weighted by Gasteiger charge is 2.13. The average Bonchev–Trinajstić information content (AvgIpc) is 3.28. The number of hydrogen-bond acceptors (Lipinski definition) is 6. The Hall–Kier alpha value is -3.39. The maximum atomic E-state index is 12.6. The molecule has 0 aliphatic heterocycles. The number of hydrogen-bond donors (Lipinski definition) is 2. The summed E-state index contributed by atoms with van der Waals surface area (Å²) in [5.41, 5.74) is 4.42. The first-order chi connectivity index (χ1) is 12.7. The first-order valence-electron chi connectivity index (χ1n) is 7.72. The van der Waals surface area contributed by atoms with Gasteiger partial charge in [-0.15, -0.1) is 11.3 Å². The number of carbonyl (C=O) groups is 1. The van der Waals surface area contributed by atoms with E-state index in [1.165, 1.54) is 11.3 Å². The monoisotopic (exact) mass is 367 g/mol. The Morgan fingerprint density at radius 2 is 2.15 bits per heavy atom. The molecule has 8 heteroatoms. The number of anilines is 1. The van der Waals surface area contributed by atoms with Gasteiger partial charge in [0.1, 0.15) is 12.4 Å². The Morgan fingerprint density at radius 3 is 3.00 bits per heavy atom. The third-order valence-electron chi connectivity index (χ3n) is 3.67. The van der Waals surface area contributed by atoms with E-state index >= 15 is 0 Å². The van der Waals surface area contributed by atoms with Crippen molar-refractivity contribution >= 4 is 34.0 Å². The van der Waals surface area contributed by atoms with Crippen LogP contribution in [0.2, 0.25) is 0 Å². The second-order valence-corrected chi connectivity index (χ2v) is 6.16. The van der Waals surface area contributed by atoms with Gasteiger partial charge in [0, 0.05) is 11.1 Å². The smallest absolute Gasteiger partial charge is 0.417 e. The summed E-state index contributed by atoms with van der Waals surface area (Å²) in [6, 6.07) is 11.9. The lowest BCUT2D eigenvalue weighted by atomic mass is 10.2. The predicted octanol–water partition coefficient (Wildman–Crippen LogP) is 3.41. The molecule has 2 heterocycles. The molecule has 0 aliphatic carbocycles. The largest absolute Gasteiger partial charge is 0.486 e. The number of para-hydroxylation sites is 1. The molecule has 2 N–H and O–H groups in total. The van der Waals surface area contributed by atoms with Crippen LogP contribution in [-0.2, 0) is 6.61 Å². The Bertz CT molecular complexity index is 1110. The minimum absolute atomic E-state index is 0.288. The van der Waals surface area contributed by atoms with Crippen molar-refractivity contribution in [1.82, 2.24) is 9.97 Å². The van der Waals surface area contributed by atoms with Gasteiger partial charge >= 0.3 is 5.76 Å². The van der Waals surface area contributed by atoms with Crippen LogP contribution in [0.15, 0.2) is 62.6 Å². The SMILES string of the molecule is O=C(Nc1ccc2oc(=O)[nH]c2c1)c1ccccc1OCc1cscn1. The fourth-order valence-corrected chi connectivity index (χ4v) is 3.01. The maximum absolute atomic E-state index is 12.6. The zero-order valence-electron chi connectivity index (χ0n) is 13.4. The molecule has 2 aromatic heterocycles. The molecule has 26 heavy (non-hydrogen) atoms. The second-order valence-electron chi connectivity index (χ2n) is 5.44. The molecule has 7 nitrogen and oxygen atoms in total. The molecule has 4 aromatic rings. The van der Waals surface area contributed by atoms with Crippen molar-refractivity contribution in [2.45, 2.75) is 6.61 Å². The quantitative estimate of drug-likeness (QED) is 0.563. The summed E-state index contributed by atoms with van der Waals surface area (Å²) in [7, 11) is 0. The highest BCUT2D eigenvalue weighted by molar-refractivity contribution is 7.07. The number of H-pyrrole nitrogens is 1. The van der Waals surface area contributed by atoms with Crippen LogP contribution >= 0.6 is 11.3 Å². The molecule has 0 spiro atoms. The molecular formula is C18H13N3O4S. The average molecular weight is 367 g/mol. The fourth-order valence-electron chi connectivity index (χ4n) is 2.47. The molecule has 0 aliphatic rings. The second kappa shape index (κ2) is 6.85. The summed E-state index contributed by atoms with van der Waals surface area (Å²) in [6.07, 6.45) is 0. The van der Waals surface area contributed by atoms with Crippen molar-refractivity contribution in [2.24, 2.45) is 0 Å². The molecule has 0 saturated heterocycles. The van der Waals surface area contributed by atoms with E-state index in [9.17, 15) is 9.59 Å². The normalized spacial score (nSPS) is 10.8. The number of carbonyl (C=O) groups excluding carboxylic acids is 1. The van der Waals surface area contributed by atoms with Crippen LogP contribution in [0.5, 0.6) is 5.75 Å². The van der Waals surface area contributed by atoms with Crippen molar-refractivity contribution < 1.29 is 13.9 Å². The molecule has 0 bridgehead atoms. The predicted molar refractivity (Wildman–Crippen MR) is 97.7 cm³/mol. The third-order valence-corrected chi connectivity index (χ3v) is 4.30. The van der Waals surface area contributed by atoms with E-state index in [1.54, 1.807) is 48.0 Å². The van der Waals surface area contributed by atoms with Gasteiger partial charge in [-0.25, -0.2) is 9.78 Å². The minimum Gasteiger partial charge on any atom is -0.486 e. The number of fused-ring (bicyclic) bond motifs is 1. The first kappa shape index (κ1) is 16.1. The number of aromatic nitrogens is 2. The topological polar surface area (TPSA) is 97.2 Å². The Kier molecular flexibility index (Phi) is 4.24. The van der Waals surface area contributed by atoms with Gasteiger partial charge in [-0.3, -0.25) is 9.78 Å². The van der Waals surface area contributed by atoms with Crippen LogP contribution in [0.4, 0.5) is 5.69 Å². The summed E-state index contributed by atoms with van der Waals surface area (Å²) >= 11 is 1.49. The van der Waals surface area contributed by atoms with E-state index in [4.69, 9.17) is 9.15 Å². The molecule has 0 radical (unpaired) electrons. The van der Waals surface area contributed by atoms with Crippen LogP contribution in [0.3, 0.4) is 0 Å². The number of rotatable bonds is 5. The van der Waals surface area contributed by atoms with Crippen LogP contribution in [0, 0.1) is 0 Å². The van der Waals surface area contributed by atoms with Crippen LogP contribution < -0.4 is 15.8 Å². The van der Waals surface area contributed by atoms with Gasteiger partial charge in [-0.1, -0.05) is 12.1 Å². The van der Waals surface area contributed by atoms with E-state index in [0.717, 1.165) is 5.69 Å². The third kappa shape index (κ3) is 3.35. The lowest BCUT2D eigenvalue weighted by molar-refractivity contribution is 0.102. The summed E-state index contributed by atoms with van der Waals surface area (Å²) in [4.78, 5) is 30.6. The number of nitrogens with one attached hydrogen (secondary N) is 2. The maximum Gasteiger partial charge on any atom is 0.417 e. The van der Waals surface area contributed by atoms with Crippen LogP contribution in [0.1, 0.15) is 16.1 Å². The summed E-state index contributed by atoms with van der Waals surface area (Å²) in [5, 5.41) is 4.69. The van der Waals surface area contributed by atoms with Gasteiger partial charge in [0.2, 0.25) is 0 Å². The molecule has 130 valence electrons. The number of aromatic amines is 1. The molecule has 0 fully saturated rings. The molecule has 2 aromatic carbocycles. The van der Waals surface area contributed by atoms with Crippen molar-refractivity contribution in [1.29, 1.82) is 0 Å². The summed E-state index contributed by atoms with van der Waals surface area (Å²) < 4.78 is 10.7. The summed E-state index contributed by atoms with van der Waals surface area (Å²) in [6.45, 7) is 0.288. The standard InChI is InChI=1S/C18H13N3O4S/c22-17(20-11-5-6-16-14(7-11)21-18(23)25-16)13-3-1-2-4-15(13)24-8-12-9-26-10-19-12/h1-7,9-10H,8H2,(H,20,22)(H,21,23). The van der Waals surface area contributed by atoms with Crippen molar-refractivity contribution in [3.05, 3.63) is 75.2 Å². The van der Waals surface area contributed by atoms with Crippen molar-refractivity contribution in [2.75, 3.05) is 5.32 Å². The number of oxazole rings is 1. The van der Waals surface area contributed by atoms with Crippen molar-refractivity contribution in [3.8, 4) is 5.75 Å². The number of nitrogens with zero attached hydrogens (tertiary/aromatic N) is 1. The Morgan fingerprint density at radius 1 is 1.27 bits per heavy atom. The lowest BCUT2D eigenvalue weighted by Crippen LogP contribution is -2.13. The fraction of sp³-hybridized carbons (Fsp3) is 0.0556. The van der Waals surface area contributed by atoms with E-state index in [1.807, 2.05) is 5.38 Å². The van der Waals surface area contributed by atoms with Crippen molar-refractivity contribution in [3.63, 3.8) is 0 Å². The molecule has 0 unspecified atom stereocenters. The van der Waals surface area contributed by atoms with Gasteiger partial charge < -0.3 is 14.5 Å². The minimum atomic E-state index is -0.538. The number of amides is 1. The number of thiazole rings is 1. The number of benzene rings is 2. The summed E-state index contributed by atoms with van der Waals surface area (Å²) in [5.74, 6) is -0.385. The zero-order chi connectivity index (χ0) is 17.9. The first-order valence-corrected chi connectivity index (χ1v) is 8.66. The zero-order valence-corrected chi connectivity index (χ0v) is 14.2. The highest BCUT2D eigenvalue weighted by Crippen LogP contribution is 2.22. The lowest BCUT2D eigenvalue weighted by Gasteiger charge is -2.11. The van der Waals surface area contributed by atoms with Gasteiger partial charge in [-0.2, -0.15) is 0 Å². The Balaban J connectivity index is 1.54. The molecule has 0 atom stereocenters. The highest BCUT2D eigenvalue weighted by atomic mass is 32.1.